The molecule has 1 aromatic heterocycles. The molecule has 0 unspecified atom stereocenters. The lowest BCUT2D eigenvalue weighted by Gasteiger charge is -2.24. The SMILES string of the molecule is CN(C)/C(=N\S(C)(=O)=O)c1ccc(NC(=O)[C@H]2CCCN2C(=O)Nc2ccc3c(Cl)c[nH]c3c2)cc1. The van der Waals surface area contributed by atoms with Crippen LogP contribution >= 0.6 is 11.6 Å². The molecule has 10 nitrogen and oxygen atoms in total. The van der Waals surface area contributed by atoms with Gasteiger partial charge >= 0.3 is 6.03 Å². The Kier molecular flexibility index (Phi) is 7.23. The molecular weight excluding hydrogens is 504 g/mol. The average Bonchev–Trinajstić information content (AvgIpc) is 3.45. The van der Waals surface area contributed by atoms with Crippen LogP contribution in [-0.2, 0) is 14.8 Å². The fourth-order valence-corrected chi connectivity index (χ4v) is 4.93. The molecule has 190 valence electrons. The minimum absolute atomic E-state index is 0.286. The zero-order valence-electron chi connectivity index (χ0n) is 20.1. The summed E-state index contributed by atoms with van der Waals surface area (Å²) < 4.78 is 27.0. The highest BCUT2D eigenvalue weighted by molar-refractivity contribution is 7.89. The van der Waals surface area contributed by atoms with Crippen molar-refractivity contribution in [1.29, 1.82) is 0 Å². The van der Waals surface area contributed by atoms with Crippen LogP contribution in [0.25, 0.3) is 10.9 Å². The standard InChI is InChI=1S/C24H27ClN6O4S/c1-30(2)22(29-36(3,34)35)15-6-8-16(9-7-15)27-23(32)21-5-4-12-31(21)24(33)28-17-10-11-18-19(25)14-26-20(18)13-17/h6-11,13-14,21,26H,4-5,12H2,1-3H3,(H,27,32)(H,28,33)/b29-22-/t21-/m1/s1. The molecular formula is C24H27ClN6O4S. The van der Waals surface area contributed by atoms with E-state index in [0.29, 0.717) is 41.3 Å². The number of anilines is 2. The molecule has 0 bridgehead atoms. The molecule has 1 atom stereocenters. The Hall–Kier alpha value is -3.57. The number of H-pyrrole nitrogens is 1. The number of hydrogen-bond acceptors (Lipinski definition) is 4. The first kappa shape index (κ1) is 25.5. The number of carbonyl (C=O) groups excluding carboxylic acids is 2. The van der Waals surface area contributed by atoms with E-state index in [1.54, 1.807) is 61.6 Å². The van der Waals surface area contributed by atoms with E-state index < -0.39 is 16.1 Å². The fourth-order valence-electron chi connectivity index (χ4n) is 4.12. The molecule has 4 rings (SSSR count). The number of urea groups is 1. The number of fused-ring (bicyclic) bond motifs is 1. The summed E-state index contributed by atoms with van der Waals surface area (Å²) in [5, 5.41) is 7.18. The molecule has 12 heteroatoms. The molecule has 2 heterocycles. The highest BCUT2D eigenvalue weighted by atomic mass is 35.5. The van der Waals surface area contributed by atoms with Gasteiger partial charge in [0.2, 0.25) is 5.91 Å². The lowest BCUT2D eigenvalue weighted by atomic mass is 10.1. The predicted octanol–water partition coefficient (Wildman–Crippen LogP) is 3.72. The van der Waals surface area contributed by atoms with Gasteiger partial charge in [-0.05, 0) is 55.3 Å². The monoisotopic (exact) mass is 530 g/mol. The first-order chi connectivity index (χ1) is 17.0. The molecule has 0 saturated carbocycles. The Balaban J connectivity index is 1.43. The van der Waals surface area contributed by atoms with Gasteiger partial charge in [0.25, 0.3) is 10.0 Å². The number of sulfonamides is 1. The van der Waals surface area contributed by atoms with Crippen molar-refractivity contribution >= 4 is 61.7 Å². The van der Waals surface area contributed by atoms with Crippen LogP contribution in [0.2, 0.25) is 5.02 Å². The second-order valence-corrected chi connectivity index (χ2v) is 10.8. The second-order valence-electron chi connectivity index (χ2n) is 8.79. The summed E-state index contributed by atoms with van der Waals surface area (Å²) in [6.45, 7) is 0.466. The van der Waals surface area contributed by atoms with Crippen molar-refractivity contribution < 1.29 is 18.0 Å². The van der Waals surface area contributed by atoms with Crippen LogP contribution in [0, 0.1) is 0 Å². The highest BCUT2D eigenvalue weighted by Gasteiger charge is 2.34. The van der Waals surface area contributed by atoms with Gasteiger partial charge in [-0.25, -0.2) is 13.2 Å². The maximum absolute atomic E-state index is 13.0. The Bertz CT molecular complexity index is 1430. The van der Waals surface area contributed by atoms with E-state index in [9.17, 15) is 18.0 Å². The largest absolute Gasteiger partial charge is 0.362 e. The first-order valence-electron chi connectivity index (χ1n) is 11.2. The maximum Gasteiger partial charge on any atom is 0.322 e. The minimum atomic E-state index is -3.58. The number of nitrogens with zero attached hydrogens (tertiary/aromatic N) is 3. The molecule has 3 N–H and O–H groups in total. The van der Waals surface area contributed by atoms with E-state index in [0.717, 1.165) is 17.2 Å². The third-order valence-corrected chi connectivity index (χ3v) is 6.60. The molecule has 1 fully saturated rings. The van der Waals surface area contributed by atoms with E-state index in [-0.39, 0.29) is 17.8 Å². The van der Waals surface area contributed by atoms with Crippen molar-refractivity contribution in [1.82, 2.24) is 14.8 Å². The van der Waals surface area contributed by atoms with Crippen molar-refractivity contribution in [3.63, 3.8) is 0 Å². The van der Waals surface area contributed by atoms with Crippen LogP contribution in [0.4, 0.5) is 16.2 Å². The Morgan fingerprint density at radius 3 is 2.47 bits per heavy atom. The molecule has 36 heavy (non-hydrogen) atoms. The lowest BCUT2D eigenvalue weighted by molar-refractivity contribution is -0.119. The van der Waals surface area contributed by atoms with Gasteiger partial charge in [-0.1, -0.05) is 11.6 Å². The number of amidine groups is 1. The molecule has 2 aromatic carbocycles. The van der Waals surface area contributed by atoms with Crippen molar-refractivity contribution in [2.45, 2.75) is 18.9 Å². The number of amides is 3. The third kappa shape index (κ3) is 5.80. The zero-order valence-corrected chi connectivity index (χ0v) is 21.7. The van der Waals surface area contributed by atoms with Crippen molar-refractivity contribution in [3.8, 4) is 0 Å². The highest BCUT2D eigenvalue weighted by Crippen LogP contribution is 2.26. The summed E-state index contributed by atoms with van der Waals surface area (Å²) in [6, 6.07) is 11.1. The summed E-state index contributed by atoms with van der Waals surface area (Å²) in [5.74, 6) is -0.00605. The number of likely N-dealkylation sites (tertiary alicyclic amines) is 1. The number of carbonyl (C=O) groups is 2. The summed E-state index contributed by atoms with van der Waals surface area (Å²) in [5.41, 5.74) is 2.52. The number of benzene rings is 2. The van der Waals surface area contributed by atoms with Gasteiger partial charge in [-0.2, -0.15) is 0 Å². The third-order valence-electron chi connectivity index (χ3n) is 5.79. The molecule has 1 aliphatic rings. The van der Waals surface area contributed by atoms with Crippen molar-refractivity contribution in [2.75, 3.05) is 37.5 Å². The van der Waals surface area contributed by atoms with Gasteiger partial charge in [-0.15, -0.1) is 4.40 Å². The normalized spacial score (nSPS) is 16.3. The zero-order chi connectivity index (χ0) is 26.0. The average molecular weight is 531 g/mol. The van der Waals surface area contributed by atoms with Crippen molar-refractivity contribution in [2.24, 2.45) is 4.40 Å². The molecule has 3 aromatic rings. The molecule has 3 amide bonds. The molecule has 0 aliphatic carbocycles. The van der Waals surface area contributed by atoms with E-state index >= 15 is 0 Å². The summed E-state index contributed by atoms with van der Waals surface area (Å²) in [6.07, 6.45) is 3.98. The number of rotatable bonds is 5. The second kappa shape index (κ2) is 10.2. The van der Waals surface area contributed by atoms with E-state index in [2.05, 4.69) is 20.0 Å². The maximum atomic E-state index is 13.0. The van der Waals surface area contributed by atoms with Gasteiger partial charge < -0.3 is 25.4 Å². The van der Waals surface area contributed by atoms with Gasteiger partial charge in [-0.3, -0.25) is 4.79 Å². The minimum Gasteiger partial charge on any atom is -0.362 e. The molecule has 1 saturated heterocycles. The van der Waals surface area contributed by atoms with Crippen LogP contribution in [0.5, 0.6) is 0 Å². The molecule has 0 spiro atoms. The van der Waals surface area contributed by atoms with Gasteiger partial charge in [0, 0.05) is 54.7 Å². The van der Waals surface area contributed by atoms with Crippen LogP contribution in [-0.4, -0.2) is 73.9 Å². The van der Waals surface area contributed by atoms with E-state index in [4.69, 9.17) is 11.6 Å². The number of aromatic amines is 1. The Morgan fingerprint density at radius 2 is 1.81 bits per heavy atom. The first-order valence-corrected chi connectivity index (χ1v) is 13.5. The number of hydrogen-bond donors (Lipinski definition) is 3. The Morgan fingerprint density at radius 1 is 1.11 bits per heavy atom. The molecule has 0 radical (unpaired) electrons. The smallest absolute Gasteiger partial charge is 0.322 e. The van der Waals surface area contributed by atoms with Crippen molar-refractivity contribution in [3.05, 3.63) is 59.2 Å². The lowest BCUT2D eigenvalue weighted by Crippen LogP contribution is -2.45. The van der Waals surface area contributed by atoms with Crippen LogP contribution < -0.4 is 10.6 Å². The number of nitrogens with one attached hydrogen (secondary N) is 3. The number of halogens is 1. The quantitative estimate of drug-likeness (QED) is 0.342. The van der Waals surface area contributed by atoms with Gasteiger partial charge in [0.15, 0.2) is 0 Å². The summed E-state index contributed by atoms with van der Waals surface area (Å²) in [4.78, 5) is 32.1. The number of aromatic nitrogens is 1. The fraction of sp³-hybridized carbons (Fsp3) is 0.292. The van der Waals surface area contributed by atoms with E-state index in [1.165, 1.54) is 4.90 Å². The van der Waals surface area contributed by atoms with Gasteiger partial charge in [0.1, 0.15) is 11.9 Å². The van der Waals surface area contributed by atoms with Crippen LogP contribution in [0.3, 0.4) is 0 Å². The van der Waals surface area contributed by atoms with Crippen LogP contribution in [0.1, 0.15) is 18.4 Å². The Labute approximate surface area is 214 Å². The summed E-state index contributed by atoms with van der Waals surface area (Å²) in [7, 11) is -0.180. The van der Waals surface area contributed by atoms with Crippen LogP contribution in [0.15, 0.2) is 53.1 Å². The van der Waals surface area contributed by atoms with Gasteiger partial charge in [0.05, 0.1) is 11.3 Å². The predicted molar refractivity (Wildman–Crippen MR) is 142 cm³/mol. The molecule has 1 aliphatic heterocycles. The van der Waals surface area contributed by atoms with E-state index in [1.807, 2.05) is 6.07 Å². The summed E-state index contributed by atoms with van der Waals surface area (Å²) >= 11 is 6.11. The topological polar surface area (TPSA) is 127 Å².